The summed E-state index contributed by atoms with van der Waals surface area (Å²) in [4.78, 5) is 0. The van der Waals surface area contributed by atoms with Crippen molar-refractivity contribution in [3.63, 3.8) is 0 Å². The molecule has 2 nitrogen and oxygen atoms in total. The molecule has 0 aliphatic carbocycles. The molecule has 0 amide bonds. The lowest BCUT2D eigenvalue weighted by atomic mass is 10.1. The number of hydrogen-bond acceptors (Lipinski definition) is 2. The Bertz CT molecular complexity index is 298. The lowest BCUT2D eigenvalue weighted by Gasteiger charge is -2.08. The van der Waals surface area contributed by atoms with Crippen LogP contribution in [0.4, 0.5) is 5.69 Å². The number of nitrogens with two attached hydrogens (primary N) is 1. The van der Waals surface area contributed by atoms with Gasteiger partial charge in [-0.15, -0.1) is 0 Å². The predicted octanol–water partition coefficient (Wildman–Crippen LogP) is 2.58. The van der Waals surface area contributed by atoms with Gasteiger partial charge in [-0.3, -0.25) is 0 Å². The van der Waals surface area contributed by atoms with E-state index in [0.29, 0.717) is 12.4 Å². The summed E-state index contributed by atoms with van der Waals surface area (Å²) in [6.07, 6.45) is 0. The van der Waals surface area contributed by atoms with Gasteiger partial charge in [0.05, 0.1) is 6.61 Å². The van der Waals surface area contributed by atoms with Crippen molar-refractivity contribution in [2.24, 2.45) is 0 Å². The van der Waals surface area contributed by atoms with Crippen molar-refractivity contribution in [1.29, 1.82) is 0 Å². The van der Waals surface area contributed by atoms with Crippen molar-refractivity contribution in [2.75, 3.05) is 12.3 Å². The number of ether oxygens (including phenoxy) is 1. The molecule has 0 heterocycles. The van der Waals surface area contributed by atoms with Gasteiger partial charge < -0.3 is 10.5 Å². The van der Waals surface area contributed by atoms with Gasteiger partial charge in [-0.1, -0.05) is 6.58 Å². The molecule has 0 aromatic heterocycles. The van der Waals surface area contributed by atoms with Gasteiger partial charge in [0.15, 0.2) is 0 Å². The second-order valence-electron chi connectivity index (χ2n) is 2.99. The smallest absolute Gasteiger partial charge is 0.119 e. The van der Waals surface area contributed by atoms with Crippen LogP contribution in [0.3, 0.4) is 0 Å². The Morgan fingerprint density at radius 2 is 2.15 bits per heavy atom. The first-order valence-electron chi connectivity index (χ1n) is 4.32. The molecule has 13 heavy (non-hydrogen) atoms. The molecule has 0 aliphatic heterocycles. The number of aryl methyl sites for hydroxylation is 1. The van der Waals surface area contributed by atoms with Crippen LogP contribution in [0, 0.1) is 6.92 Å². The van der Waals surface area contributed by atoms with Crippen molar-refractivity contribution >= 4 is 11.4 Å². The van der Waals surface area contributed by atoms with Crippen molar-refractivity contribution in [3.8, 4) is 0 Å². The normalized spacial score (nSPS) is 9.69. The molecule has 1 aromatic carbocycles. The van der Waals surface area contributed by atoms with Crippen LogP contribution in [0.25, 0.3) is 5.76 Å². The minimum Gasteiger partial charge on any atom is -0.494 e. The zero-order valence-corrected chi connectivity index (χ0v) is 8.13. The molecule has 0 unspecified atom stereocenters. The Morgan fingerprint density at radius 3 is 2.69 bits per heavy atom. The van der Waals surface area contributed by atoms with Crippen LogP contribution in [-0.4, -0.2) is 6.61 Å². The fraction of sp³-hybridized carbons (Fsp3) is 0.273. The minimum absolute atomic E-state index is 0.632. The first kappa shape index (κ1) is 9.65. The van der Waals surface area contributed by atoms with Gasteiger partial charge in [0.2, 0.25) is 0 Å². The van der Waals surface area contributed by atoms with Crippen molar-refractivity contribution in [3.05, 3.63) is 35.9 Å². The topological polar surface area (TPSA) is 35.2 Å². The molecule has 2 N–H and O–H groups in total. The standard InChI is InChI=1S/C11H15NO/c1-4-13-9(3)10-5-8(2)6-11(12)7-10/h5-7H,3-4,12H2,1-2H3. The summed E-state index contributed by atoms with van der Waals surface area (Å²) in [5.74, 6) is 0.679. The maximum Gasteiger partial charge on any atom is 0.119 e. The van der Waals surface area contributed by atoms with E-state index in [1.165, 1.54) is 0 Å². The van der Waals surface area contributed by atoms with E-state index in [-0.39, 0.29) is 0 Å². The highest BCUT2D eigenvalue weighted by atomic mass is 16.5. The molecular formula is C11H15NO. The molecule has 1 rings (SSSR count). The average Bonchev–Trinajstić information content (AvgIpc) is 2.03. The van der Waals surface area contributed by atoms with E-state index < -0.39 is 0 Å². The van der Waals surface area contributed by atoms with Crippen LogP contribution in [-0.2, 0) is 4.74 Å². The SMILES string of the molecule is C=C(OCC)c1cc(C)cc(N)c1. The van der Waals surface area contributed by atoms with Gasteiger partial charge in [-0.2, -0.15) is 0 Å². The van der Waals surface area contributed by atoms with E-state index in [0.717, 1.165) is 16.8 Å². The van der Waals surface area contributed by atoms with E-state index in [1.54, 1.807) is 0 Å². The van der Waals surface area contributed by atoms with Crippen LogP contribution in [0.5, 0.6) is 0 Å². The van der Waals surface area contributed by atoms with Crippen LogP contribution in [0.15, 0.2) is 24.8 Å². The van der Waals surface area contributed by atoms with Crippen LogP contribution in [0.1, 0.15) is 18.1 Å². The van der Waals surface area contributed by atoms with Gasteiger partial charge >= 0.3 is 0 Å². The fourth-order valence-electron chi connectivity index (χ4n) is 1.23. The average molecular weight is 177 g/mol. The Labute approximate surface area is 79.0 Å². The van der Waals surface area contributed by atoms with Gasteiger partial charge in [0.25, 0.3) is 0 Å². The molecule has 0 saturated carbocycles. The Balaban J connectivity index is 2.94. The van der Waals surface area contributed by atoms with E-state index in [1.807, 2.05) is 32.0 Å². The number of nitrogen functional groups attached to an aromatic ring is 1. The summed E-state index contributed by atoms with van der Waals surface area (Å²) >= 11 is 0. The zero-order chi connectivity index (χ0) is 9.84. The predicted molar refractivity (Wildman–Crippen MR) is 56.3 cm³/mol. The molecule has 0 bridgehead atoms. The number of rotatable bonds is 3. The van der Waals surface area contributed by atoms with Crippen LogP contribution >= 0.6 is 0 Å². The highest BCUT2D eigenvalue weighted by Crippen LogP contribution is 2.18. The molecule has 0 spiro atoms. The van der Waals surface area contributed by atoms with Crippen LogP contribution < -0.4 is 5.73 Å². The molecule has 0 aliphatic rings. The molecule has 0 saturated heterocycles. The second-order valence-corrected chi connectivity index (χ2v) is 2.99. The summed E-state index contributed by atoms with van der Waals surface area (Å²) in [6, 6.07) is 5.79. The lowest BCUT2D eigenvalue weighted by molar-refractivity contribution is 0.299. The maximum absolute atomic E-state index is 5.70. The molecule has 2 heteroatoms. The molecular weight excluding hydrogens is 162 g/mol. The van der Waals surface area contributed by atoms with E-state index >= 15 is 0 Å². The van der Waals surface area contributed by atoms with Gasteiger partial charge in [-0.05, 0) is 37.6 Å². The highest BCUT2D eigenvalue weighted by molar-refractivity contribution is 5.62. The van der Waals surface area contributed by atoms with Crippen molar-refractivity contribution < 1.29 is 4.74 Å². The number of benzene rings is 1. The monoisotopic (exact) mass is 177 g/mol. The maximum atomic E-state index is 5.70. The van der Waals surface area contributed by atoms with Gasteiger partial charge in [0.1, 0.15) is 5.76 Å². The molecule has 1 aromatic rings. The summed E-state index contributed by atoms with van der Waals surface area (Å²) in [5.41, 5.74) is 8.52. The third-order valence-electron chi connectivity index (χ3n) is 1.74. The molecule has 0 fully saturated rings. The Kier molecular flexibility index (Phi) is 2.96. The van der Waals surface area contributed by atoms with Crippen molar-refractivity contribution in [2.45, 2.75) is 13.8 Å². The lowest BCUT2D eigenvalue weighted by Crippen LogP contribution is -1.93. The quantitative estimate of drug-likeness (QED) is 0.569. The second kappa shape index (κ2) is 3.99. The fourth-order valence-corrected chi connectivity index (χ4v) is 1.23. The molecule has 0 atom stereocenters. The Hall–Kier alpha value is -1.44. The molecule has 70 valence electrons. The number of anilines is 1. The van der Waals surface area contributed by atoms with E-state index in [9.17, 15) is 0 Å². The minimum atomic E-state index is 0.632. The first-order valence-corrected chi connectivity index (χ1v) is 4.32. The van der Waals surface area contributed by atoms with E-state index in [4.69, 9.17) is 10.5 Å². The summed E-state index contributed by atoms with van der Waals surface area (Å²) in [7, 11) is 0. The van der Waals surface area contributed by atoms with E-state index in [2.05, 4.69) is 6.58 Å². The Morgan fingerprint density at radius 1 is 1.46 bits per heavy atom. The summed E-state index contributed by atoms with van der Waals surface area (Å²) < 4.78 is 5.29. The van der Waals surface area contributed by atoms with Crippen LogP contribution in [0.2, 0.25) is 0 Å². The number of hydrogen-bond donors (Lipinski definition) is 1. The van der Waals surface area contributed by atoms with Gasteiger partial charge in [0, 0.05) is 11.3 Å². The van der Waals surface area contributed by atoms with Crippen molar-refractivity contribution in [1.82, 2.24) is 0 Å². The highest BCUT2D eigenvalue weighted by Gasteiger charge is 2.00. The third kappa shape index (κ3) is 2.51. The summed E-state index contributed by atoms with van der Waals surface area (Å²) in [5, 5.41) is 0. The first-order chi connectivity index (χ1) is 6.13. The third-order valence-corrected chi connectivity index (χ3v) is 1.74. The zero-order valence-electron chi connectivity index (χ0n) is 8.13. The van der Waals surface area contributed by atoms with Gasteiger partial charge in [-0.25, -0.2) is 0 Å². The summed E-state index contributed by atoms with van der Waals surface area (Å²) in [6.45, 7) is 8.38. The molecule has 0 radical (unpaired) electrons. The largest absolute Gasteiger partial charge is 0.494 e.